The average molecular weight is 478 g/mol. The molecular weight excluding hydrogens is 438 g/mol. The average Bonchev–Trinajstić information content (AvgIpc) is 3.16. The van der Waals surface area contributed by atoms with Crippen LogP contribution in [-0.4, -0.2) is 16.5 Å². The van der Waals surface area contributed by atoms with Gasteiger partial charge in [0.05, 0.1) is 12.5 Å². The predicted molar refractivity (Wildman–Crippen MR) is 138 cm³/mol. The minimum Gasteiger partial charge on any atom is -0.352 e. The molecule has 1 fully saturated rings. The summed E-state index contributed by atoms with van der Waals surface area (Å²) in [5.41, 5.74) is 3.63. The fourth-order valence-corrected chi connectivity index (χ4v) is 5.16. The maximum absolute atomic E-state index is 12.7. The van der Waals surface area contributed by atoms with E-state index in [0.29, 0.717) is 19.0 Å². The van der Waals surface area contributed by atoms with Crippen molar-refractivity contribution in [2.45, 2.75) is 104 Å². The molecule has 1 amide bonds. The van der Waals surface area contributed by atoms with Crippen molar-refractivity contribution >= 4 is 29.7 Å². The van der Waals surface area contributed by atoms with Crippen LogP contribution in [0.25, 0.3) is 0 Å². The Bertz CT molecular complexity index is 866. The van der Waals surface area contributed by atoms with E-state index in [1.165, 1.54) is 50.5 Å². The van der Waals surface area contributed by atoms with E-state index in [-0.39, 0.29) is 18.3 Å². The smallest absolute Gasteiger partial charge is 0.226 e. The lowest BCUT2D eigenvalue weighted by Crippen LogP contribution is -2.28. The van der Waals surface area contributed by atoms with Crippen LogP contribution in [0.1, 0.15) is 88.5 Å². The molecule has 0 aliphatic heterocycles. The molecule has 1 aliphatic rings. The summed E-state index contributed by atoms with van der Waals surface area (Å²) in [6.45, 7) is 5.97. The minimum absolute atomic E-state index is 0. The van der Waals surface area contributed by atoms with Gasteiger partial charge in [-0.2, -0.15) is 0 Å². The van der Waals surface area contributed by atoms with Crippen LogP contribution in [0, 0.1) is 0 Å². The van der Waals surface area contributed by atoms with Gasteiger partial charge in [-0.1, -0.05) is 70.2 Å². The lowest BCUT2D eigenvalue weighted by atomic mass is 9.96. The van der Waals surface area contributed by atoms with E-state index < -0.39 is 0 Å². The zero-order valence-corrected chi connectivity index (χ0v) is 21.4. The number of carbonyl (C=O) groups is 1. The van der Waals surface area contributed by atoms with Crippen LogP contribution in [0.15, 0.2) is 34.6 Å². The molecule has 0 atom stereocenters. The number of rotatable bonds is 11. The number of aryl methyl sites for hydroxylation is 1. The summed E-state index contributed by atoms with van der Waals surface area (Å²) in [5, 5.41) is 5.24. The number of halogens is 1. The van der Waals surface area contributed by atoms with Crippen LogP contribution in [0.5, 0.6) is 0 Å². The number of carbonyl (C=O) groups excluding carboxylic acids is 1. The maximum Gasteiger partial charge on any atom is 0.226 e. The molecule has 32 heavy (non-hydrogen) atoms. The monoisotopic (exact) mass is 477 g/mol. The van der Waals surface area contributed by atoms with Gasteiger partial charge in [0.1, 0.15) is 0 Å². The van der Waals surface area contributed by atoms with Gasteiger partial charge >= 0.3 is 0 Å². The van der Waals surface area contributed by atoms with Crippen LogP contribution in [0.3, 0.4) is 0 Å². The lowest BCUT2D eigenvalue weighted by molar-refractivity contribution is -0.120. The number of thiazole rings is 1. The summed E-state index contributed by atoms with van der Waals surface area (Å²) < 4.78 is 2.30. The molecule has 178 valence electrons. The molecule has 1 N–H and O–H groups in total. The molecular formula is C26H40ClN3OS. The van der Waals surface area contributed by atoms with Gasteiger partial charge in [-0.25, -0.2) is 0 Å². The SMILES string of the molecule is CCCCc1ccc(CNC(=O)Cc2csc(=NC3CCCCC3)n2CCCC)cc1.Cl. The second kappa shape index (κ2) is 14.5. The Morgan fingerprint density at radius 3 is 2.44 bits per heavy atom. The van der Waals surface area contributed by atoms with E-state index in [0.717, 1.165) is 41.9 Å². The maximum atomic E-state index is 12.7. The van der Waals surface area contributed by atoms with Crippen molar-refractivity contribution in [2.75, 3.05) is 0 Å². The first-order chi connectivity index (χ1) is 15.2. The van der Waals surface area contributed by atoms with Crippen LogP contribution in [-0.2, 0) is 30.7 Å². The van der Waals surface area contributed by atoms with Crippen LogP contribution < -0.4 is 10.1 Å². The molecule has 1 aromatic heterocycles. The molecule has 1 saturated carbocycles. The van der Waals surface area contributed by atoms with Gasteiger partial charge in [-0.05, 0) is 43.2 Å². The van der Waals surface area contributed by atoms with E-state index in [4.69, 9.17) is 4.99 Å². The number of nitrogens with one attached hydrogen (secondary N) is 1. The highest BCUT2D eigenvalue weighted by molar-refractivity contribution is 7.07. The first-order valence-electron chi connectivity index (χ1n) is 12.2. The molecule has 1 aromatic carbocycles. The Hall–Kier alpha value is -1.59. The molecule has 1 aliphatic carbocycles. The third-order valence-electron chi connectivity index (χ3n) is 6.15. The zero-order chi connectivity index (χ0) is 21.9. The standard InChI is InChI=1S/C26H39N3OS.ClH/c1-3-5-10-21-13-15-22(16-14-21)19-27-25(30)18-24-20-31-26(29(24)17-6-4-2)28-23-11-8-7-9-12-23;/h13-16,20,23H,3-12,17-19H2,1-2H3,(H,27,30);1H. The topological polar surface area (TPSA) is 46.4 Å². The predicted octanol–water partition coefficient (Wildman–Crippen LogP) is 6.21. The van der Waals surface area contributed by atoms with Crippen molar-refractivity contribution in [1.82, 2.24) is 9.88 Å². The summed E-state index contributed by atoms with van der Waals surface area (Å²) in [7, 11) is 0. The Morgan fingerprint density at radius 2 is 1.75 bits per heavy atom. The van der Waals surface area contributed by atoms with Crippen molar-refractivity contribution in [3.8, 4) is 0 Å². The molecule has 0 bridgehead atoms. The van der Waals surface area contributed by atoms with Crippen molar-refractivity contribution in [3.63, 3.8) is 0 Å². The van der Waals surface area contributed by atoms with E-state index in [1.807, 2.05) is 0 Å². The summed E-state index contributed by atoms with van der Waals surface area (Å²) in [6.07, 6.45) is 12.6. The first kappa shape index (κ1) is 26.7. The number of aromatic nitrogens is 1. The summed E-state index contributed by atoms with van der Waals surface area (Å²) in [6, 6.07) is 9.11. The third-order valence-corrected chi connectivity index (χ3v) is 7.08. The van der Waals surface area contributed by atoms with Gasteiger partial charge in [-0.15, -0.1) is 23.7 Å². The minimum atomic E-state index is 0. The van der Waals surface area contributed by atoms with Gasteiger partial charge in [0.2, 0.25) is 5.91 Å². The van der Waals surface area contributed by atoms with Crippen LogP contribution >= 0.6 is 23.7 Å². The Morgan fingerprint density at radius 1 is 1.06 bits per heavy atom. The quantitative estimate of drug-likeness (QED) is 0.411. The molecule has 0 unspecified atom stereocenters. The molecule has 2 aromatic rings. The summed E-state index contributed by atoms with van der Waals surface area (Å²) >= 11 is 1.70. The Balaban J connectivity index is 0.00000363. The summed E-state index contributed by atoms with van der Waals surface area (Å²) in [4.78, 5) is 18.8. The molecule has 1 heterocycles. The number of amides is 1. The number of unbranched alkanes of at least 4 members (excludes halogenated alkanes) is 2. The molecule has 6 heteroatoms. The number of benzene rings is 1. The summed E-state index contributed by atoms with van der Waals surface area (Å²) in [5.74, 6) is 0.0855. The second-order valence-electron chi connectivity index (χ2n) is 8.81. The van der Waals surface area contributed by atoms with Gasteiger partial charge in [0.25, 0.3) is 0 Å². The zero-order valence-electron chi connectivity index (χ0n) is 19.8. The third kappa shape index (κ3) is 8.40. The highest BCUT2D eigenvalue weighted by Crippen LogP contribution is 2.20. The molecule has 0 radical (unpaired) electrons. The molecule has 0 spiro atoms. The highest BCUT2D eigenvalue weighted by Gasteiger charge is 2.14. The molecule has 0 saturated heterocycles. The van der Waals surface area contributed by atoms with Crippen LogP contribution in [0.4, 0.5) is 0 Å². The van der Waals surface area contributed by atoms with Gasteiger partial charge in [0.15, 0.2) is 4.80 Å². The van der Waals surface area contributed by atoms with Gasteiger partial charge < -0.3 is 9.88 Å². The van der Waals surface area contributed by atoms with Gasteiger partial charge in [-0.3, -0.25) is 9.79 Å². The highest BCUT2D eigenvalue weighted by atomic mass is 35.5. The van der Waals surface area contributed by atoms with Crippen molar-refractivity contribution < 1.29 is 4.79 Å². The fourth-order valence-electron chi connectivity index (χ4n) is 4.16. The molecule has 4 nitrogen and oxygen atoms in total. The van der Waals surface area contributed by atoms with E-state index >= 15 is 0 Å². The molecule has 3 rings (SSSR count). The fraction of sp³-hybridized carbons (Fsp3) is 0.615. The van der Waals surface area contributed by atoms with Crippen molar-refractivity contribution in [2.24, 2.45) is 4.99 Å². The van der Waals surface area contributed by atoms with E-state index in [9.17, 15) is 4.79 Å². The van der Waals surface area contributed by atoms with Crippen molar-refractivity contribution in [1.29, 1.82) is 0 Å². The van der Waals surface area contributed by atoms with Crippen LogP contribution in [0.2, 0.25) is 0 Å². The second-order valence-corrected chi connectivity index (χ2v) is 9.65. The lowest BCUT2D eigenvalue weighted by Gasteiger charge is -2.17. The largest absolute Gasteiger partial charge is 0.352 e. The van der Waals surface area contributed by atoms with E-state index in [2.05, 4.69) is 53.4 Å². The Labute approximate surface area is 204 Å². The number of hydrogen-bond donors (Lipinski definition) is 1. The number of hydrogen-bond acceptors (Lipinski definition) is 3. The van der Waals surface area contributed by atoms with E-state index in [1.54, 1.807) is 11.3 Å². The number of nitrogens with zero attached hydrogens (tertiary/aromatic N) is 2. The normalized spacial score (nSPS) is 14.9. The van der Waals surface area contributed by atoms with Gasteiger partial charge in [0, 0.05) is 24.2 Å². The Kier molecular flexibility index (Phi) is 12.1. The first-order valence-corrected chi connectivity index (χ1v) is 13.1. The van der Waals surface area contributed by atoms with Crippen molar-refractivity contribution in [3.05, 3.63) is 51.3 Å².